The van der Waals surface area contributed by atoms with Crippen molar-refractivity contribution in [2.24, 2.45) is 0 Å². The zero-order valence-electron chi connectivity index (χ0n) is 51.7. The Kier molecular flexibility index (Phi) is 63.2. The molecular formula is C72H126O6. The van der Waals surface area contributed by atoms with Crippen LogP contribution in [0.4, 0.5) is 0 Å². The average molecular weight is 1090 g/mol. The second-order valence-electron chi connectivity index (χ2n) is 22.4. The molecule has 0 aliphatic rings. The highest BCUT2D eigenvalue weighted by Crippen LogP contribution is 2.17. The molecule has 0 N–H and O–H groups in total. The van der Waals surface area contributed by atoms with E-state index in [4.69, 9.17) is 14.2 Å². The van der Waals surface area contributed by atoms with Crippen LogP contribution in [0, 0.1) is 0 Å². The number of ether oxygens (including phenoxy) is 3. The standard InChI is InChI=1S/C72H126O6/c1-4-7-10-13-16-19-22-25-27-29-30-31-32-33-34-35-36-37-38-39-40-41-42-44-45-47-50-53-56-59-62-65-71(74)77-68-69(67-76-70(73)64-61-58-55-52-49-24-21-18-15-12-9-6-3)78-72(75)66-63-60-57-54-51-48-46-43-28-26-23-20-17-14-11-8-5-2/h8,11,17,20,22,25-26,28-30,46,48,54,57,69H,4-7,9-10,12-16,18-19,21,23-24,27,31-45,47,49-53,55-56,58-68H2,1-3H3/b11-8-,20-17-,25-22-,28-26-,30-29-,48-46-,57-54-. The summed E-state index contributed by atoms with van der Waals surface area (Å²) in [6.07, 6.45) is 87.7. The van der Waals surface area contributed by atoms with Crippen LogP contribution in [0.25, 0.3) is 0 Å². The highest BCUT2D eigenvalue weighted by atomic mass is 16.6. The van der Waals surface area contributed by atoms with E-state index in [0.717, 1.165) is 83.5 Å². The minimum absolute atomic E-state index is 0.0951. The fourth-order valence-electron chi connectivity index (χ4n) is 9.63. The maximum atomic E-state index is 12.9. The normalized spacial score (nSPS) is 12.6. The first-order valence-electron chi connectivity index (χ1n) is 33.6. The minimum Gasteiger partial charge on any atom is -0.462 e. The summed E-state index contributed by atoms with van der Waals surface area (Å²) in [6.45, 7) is 6.50. The lowest BCUT2D eigenvalue weighted by Gasteiger charge is -2.18. The number of rotatable bonds is 61. The van der Waals surface area contributed by atoms with Crippen LogP contribution in [0.5, 0.6) is 0 Å². The molecule has 0 rings (SSSR count). The van der Waals surface area contributed by atoms with Crippen molar-refractivity contribution >= 4 is 17.9 Å². The minimum atomic E-state index is -0.804. The smallest absolute Gasteiger partial charge is 0.306 e. The Bertz CT molecular complexity index is 1480. The van der Waals surface area contributed by atoms with E-state index < -0.39 is 6.10 Å². The van der Waals surface area contributed by atoms with E-state index >= 15 is 0 Å². The molecule has 0 fully saturated rings. The Morgan fingerprint density at radius 1 is 0.269 bits per heavy atom. The fourth-order valence-corrected chi connectivity index (χ4v) is 9.63. The topological polar surface area (TPSA) is 78.9 Å². The molecule has 450 valence electrons. The third-order valence-electron chi connectivity index (χ3n) is 14.6. The summed E-state index contributed by atoms with van der Waals surface area (Å²) in [5, 5.41) is 0. The Labute approximate surface area is 484 Å². The summed E-state index contributed by atoms with van der Waals surface area (Å²) in [7, 11) is 0. The number of hydrogen-bond acceptors (Lipinski definition) is 6. The zero-order valence-corrected chi connectivity index (χ0v) is 51.7. The predicted octanol–water partition coefficient (Wildman–Crippen LogP) is 23.1. The van der Waals surface area contributed by atoms with Gasteiger partial charge in [-0.15, -0.1) is 0 Å². The van der Waals surface area contributed by atoms with Gasteiger partial charge in [0.1, 0.15) is 13.2 Å². The van der Waals surface area contributed by atoms with E-state index in [1.165, 1.54) is 205 Å². The first-order chi connectivity index (χ1) is 38.5. The van der Waals surface area contributed by atoms with Crippen molar-refractivity contribution in [3.05, 3.63) is 85.1 Å². The van der Waals surface area contributed by atoms with Gasteiger partial charge in [-0.05, 0) is 89.9 Å². The van der Waals surface area contributed by atoms with Gasteiger partial charge in [0.15, 0.2) is 6.10 Å². The molecule has 0 saturated heterocycles. The van der Waals surface area contributed by atoms with Gasteiger partial charge >= 0.3 is 17.9 Å². The highest BCUT2D eigenvalue weighted by molar-refractivity contribution is 5.71. The molecule has 6 heteroatoms. The molecule has 0 bridgehead atoms. The Morgan fingerprint density at radius 3 is 0.821 bits per heavy atom. The van der Waals surface area contributed by atoms with Crippen LogP contribution in [0.15, 0.2) is 85.1 Å². The Hall–Kier alpha value is -3.41. The van der Waals surface area contributed by atoms with Crippen molar-refractivity contribution in [2.45, 2.75) is 341 Å². The van der Waals surface area contributed by atoms with Gasteiger partial charge in [0, 0.05) is 19.3 Å². The van der Waals surface area contributed by atoms with E-state index in [-0.39, 0.29) is 37.5 Å². The third-order valence-corrected chi connectivity index (χ3v) is 14.6. The maximum absolute atomic E-state index is 12.9. The molecular weight excluding hydrogens is 961 g/mol. The zero-order chi connectivity index (χ0) is 56.4. The average Bonchev–Trinajstić information content (AvgIpc) is 3.44. The molecule has 78 heavy (non-hydrogen) atoms. The molecule has 0 aromatic rings. The highest BCUT2D eigenvalue weighted by Gasteiger charge is 2.19. The van der Waals surface area contributed by atoms with Crippen LogP contribution in [-0.2, 0) is 28.6 Å². The first-order valence-corrected chi connectivity index (χ1v) is 33.6. The summed E-state index contributed by atoms with van der Waals surface area (Å²) in [5.41, 5.74) is 0. The maximum Gasteiger partial charge on any atom is 0.306 e. The SMILES string of the molecule is CC/C=C\C/C=C\C/C=C\C/C=C\C/C=C\CCCC(=O)OC(COC(=O)CCCCCCCCCCCCCC)COC(=O)CCCCCCCCCCCCCCCCCCCCC/C=C\C/C=C\CCCCCCC. The monoisotopic (exact) mass is 1090 g/mol. The van der Waals surface area contributed by atoms with Gasteiger partial charge in [0.25, 0.3) is 0 Å². The van der Waals surface area contributed by atoms with Crippen LogP contribution in [0.1, 0.15) is 335 Å². The summed E-state index contributed by atoms with van der Waals surface area (Å²) in [6, 6.07) is 0. The van der Waals surface area contributed by atoms with Gasteiger partial charge in [0.2, 0.25) is 0 Å². The third kappa shape index (κ3) is 63.4. The van der Waals surface area contributed by atoms with Crippen LogP contribution >= 0.6 is 0 Å². The van der Waals surface area contributed by atoms with Gasteiger partial charge in [-0.3, -0.25) is 14.4 Å². The molecule has 1 atom stereocenters. The lowest BCUT2D eigenvalue weighted by molar-refractivity contribution is -0.167. The molecule has 1 unspecified atom stereocenters. The lowest BCUT2D eigenvalue weighted by Crippen LogP contribution is -2.30. The fraction of sp³-hybridized carbons (Fsp3) is 0.764. The summed E-state index contributed by atoms with van der Waals surface area (Å²) >= 11 is 0. The van der Waals surface area contributed by atoms with Crippen molar-refractivity contribution in [3.63, 3.8) is 0 Å². The summed E-state index contributed by atoms with van der Waals surface area (Å²) < 4.78 is 16.9. The molecule has 0 spiro atoms. The molecule has 0 aromatic carbocycles. The predicted molar refractivity (Wildman–Crippen MR) is 339 cm³/mol. The van der Waals surface area contributed by atoms with Crippen LogP contribution < -0.4 is 0 Å². The molecule has 6 nitrogen and oxygen atoms in total. The largest absolute Gasteiger partial charge is 0.462 e. The van der Waals surface area contributed by atoms with Gasteiger partial charge in [0.05, 0.1) is 0 Å². The molecule has 0 aliphatic carbocycles. The molecule has 0 aliphatic heterocycles. The quantitative estimate of drug-likeness (QED) is 0.0261. The number of hydrogen-bond donors (Lipinski definition) is 0. The van der Waals surface area contributed by atoms with E-state index in [1.807, 2.05) is 0 Å². The molecule has 0 radical (unpaired) electrons. The Balaban J connectivity index is 4.20. The van der Waals surface area contributed by atoms with Gasteiger partial charge in [-0.25, -0.2) is 0 Å². The van der Waals surface area contributed by atoms with Crippen LogP contribution in [0.3, 0.4) is 0 Å². The van der Waals surface area contributed by atoms with Crippen molar-refractivity contribution < 1.29 is 28.6 Å². The molecule has 0 amide bonds. The van der Waals surface area contributed by atoms with E-state index in [0.29, 0.717) is 19.3 Å². The van der Waals surface area contributed by atoms with Crippen molar-refractivity contribution in [1.29, 1.82) is 0 Å². The number of carbonyl (C=O) groups is 3. The molecule has 0 heterocycles. The first kappa shape index (κ1) is 74.6. The van der Waals surface area contributed by atoms with Crippen LogP contribution in [0.2, 0.25) is 0 Å². The number of unbranched alkanes of at least 4 members (excludes halogenated alkanes) is 36. The summed E-state index contributed by atoms with van der Waals surface area (Å²) in [5.74, 6) is -0.940. The van der Waals surface area contributed by atoms with E-state index in [9.17, 15) is 14.4 Å². The second-order valence-corrected chi connectivity index (χ2v) is 22.4. The van der Waals surface area contributed by atoms with Crippen molar-refractivity contribution in [3.8, 4) is 0 Å². The van der Waals surface area contributed by atoms with Gasteiger partial charge in [-0.1, -0.05) is 311 Å². The van der Waals surface area contributed by atoms with Crippen molar-refractivity contribution in [2.75, 3.05) is 13.2 Å². The lowest BCUT2D eigenvalue weighted by atomic mass is 10.0. The van der Waals surface area contributed by atoms with Crippen LogP contribution in [-0.4, -0.2) is 37.2 Å². The second kappa shape index (κ2) is 66.1. The summed E-state index contributed by atoms with van der Waals surface area (Å²) in [4.78, 5) is 38.2. The van der Waals surface area contributed by atoms with Gasteiger partial charge < -0.3 is 14.2 Å². The molecule has 0 aromatic heterocycles. The van der Waals surface area contributed by atoms with Gasteiger partial charge in [-0.2, -0.15) is 0 Å². The van der Waals surface area contributed by atoms with E-state index in [1.54, 1.807) is 0 Å². The number of allylic oxidation sites excluding steroid dienone is 14. The number of esters is 3. The Morgan fingerprint density at radius 2 is 0.513 bits per heavy atom. The molecule has 0 saturated carbocycles. The number of carbonyl (C=O) groups excluding carboxylic acids is 3. The van der Waals surface area contributed by atoms with Crippen molar-refractivity contribution in [1.82, 2.24) is 0 Å². The van der Waals surface area contributed by atoms with E-state index in [2.05, 4.69) is 106 Å².